The molecule has 3 heterocycles. The van der Waals surface area contributed by atoms with Gasteiger partial charge in [0, 0.05) is 13.1 Å². The van der Waals surface area contributed by atoms with Gasteiger partial charge in [-0.3, -0.25) is 14.4 Å². The number of aromatic nitrogens is 2. The highest BCUT2D eigenvalue weighted by molar-refractivity contribution is 5.83. The maximum absolute atomic E-state index is 12.8. The van der Waals surface area contributed by atoms with Crippen molar-refractivity contribution in [3.63, 3.8) is 0 Å². The number of hydrogen-bond donors (Lipinski definition) is 2. The van der Waals surface area contributed by atoms with Crippen LogP contribution in [-0.4, -0.2) is 48.0 Å². The average molecular weight is 357 g/mol. The lowest BCUT2D eigenvalue weighted by molar-refractivity contribution is -0.126. The Hall–Kier alpha value is -2.58. The van der Waals surface area contributed by atoms with Gasteiger partial charge in [0.1, 0.15) is 6.04 Å². The molecule has 0 bridgehead atoms. The summed E-state index contributed by atoms with van der Waals surface area (Å²) in [6, 6.07) is 7.24. The summed E-state index contributed by atoms with van der Waals surface area (Å²) in [6.07, 6.45) is 0. The summed E-state index contributed by atoms with van der Waals surface area (Å²) in [5, 5.41) is 10.9. The zero-order valence-electron chi connectivity index (χ0n) is 15.0. The predicted octanol–water partition coefficient (Wildman–Crippen LogP) is 0.634. The summed E-state index contributed by atoms with van der Waals surface area (Å²) in [5.74, 6) is 1.32. The van der Waals surface area contributed by atoms with E-state index in [0.29, 0.717) is 18.0 Å². The lowest BCUT2D eigenvalue weighted by atomic mass is 10.0. The first kappa shape index (κ1) is 16.9. The Balaban J connectivity index is 1.46. The minimum Gasteiger partial charge on any atom is -0.454 e. The monoisotopic (exact) mass is 357 g/mol. The van der Waals surface area contributed by atoms with Crippen LogP contribution in [0.5, 0.6) is 11.5 Å². The van der Waals surface area contributed by atoms with E-state index < -0.39 is 6.04 Å². The van der Waals surface area contributed by atoms with Crippen LogP contribution in [0.15, 0.2) is 24.3 Å². The Morgan fingerprint density at radius 2 is 2.19 bits per heavy atom. The van der Waals surface area contributed by atoms with Gasteiger partial charge in [-0.2, -0.15) is 5.10 Å². The molecule has 0 radical (unpaired) electrons. The van der Waals surface area contributed by atoms with E-state index in [1.165, 1.54) is 0 Å². The number of fused-ring (bicyclic) bond motifs is 2. The summed E-state index contributed by atoms with van der Waals surface area (Å²) >= 11 is 0. The molecule has 0 saturated heterocycles. The number of nitrogens with zero attached hydrogens (tertiary/aromatic N) is 3. The van der Waals surface area contributed by atoms with E-state index >= 15 is 0 Å². The number of carbonyl (C=O) groups is 1. The van der Waals surface area contributed by atoms with Crippen LogP contribution in [-0.2, 0) is 24.4 Å². The van der Waals surface area contributed by atoms with Crippen molar-refractivity contribution in [1.82, 2.24) is 25.3 Å². The van der Waals surface area contributed by atoms with Crippen LogP contribution in [0.2, 0.25) is 0 Å². The molecule has 2 N–H and O–H groups in total. The van der Waals surface area contributed by atoms with Gasteiger partial charge in [-0.05, 0) is 37.9 Å². The molecular weight excluding hydrogens is 334 g/mol. The van der Waals surface area contributed by atoms with Crippen LogP contribution in [0.3, 0.4) is 0 Å². The second kappa shape index (κ2) is 6.97. The fourth-order valence-electron chi connectivity index (χ4n) is 3.38. The van der Waals surface area contributed by atoms with Gasteiger partial charge in [0.25, 0.3) is 0 Å². The number of nitrogens with one attached hydrogen (secondary N) is 2. The van der Waals surface area contributed by atoms with E-state index in [0.717, 1.165) is 36.6 Å². The van der Waals surface area contributed by atoms with Gasteiger partial charge in [0.2, 0.25) is 12.7 Å². The fourth-order valence-corrected chi connectivity index (χ4v) is 3.38. The minimum absolute atomic E-state index is 0.0713. The largest absolute Gasteiger partial charge is 0.454 e. The molecule has 0 unspecified atom stereocenters. The van der Waals surface area contributed by atoms with Gasteiger partial charge in [-0.15, -0.1) is 0 Å². The Morgan fingerprint density at radius 1 is 1.35 bits per heavy atom. The molecule has 0 saturated carbocycles. The molecule has 1 atom stereocenters. The number of carbonyl (C=O) groups excluding carboxylic acids is 1. The van der Waals surface area contributed by atoms with E-state index in [4.69, 9.17) is 9.47 Å². The highest BCUT2D eigenvalue weighted by Crippen LogP contribution is 2.35. The topological polar surface area (TPSA) is 80.7 Å². The molecule has 2 aromatic rings. The standard InChI is InChI=1S/C18H23N5O3/c1-22(2)17(12-3-4-15-16(7-12)26-11-25-15)18(24)20-9-13-8-14-10-19-5-6-23(14)21-13/h3-4,7-8,17,19H,5-6,9-11H2,1-2H3,(H,20,24)/t17-/m0/s1. The molecular formula is C18H23N5O3. The quantitative estimate of drug-likeness (QED) is 0.817. The molecule has 138 valence electrons. The number of likely N-dealkylation sites (N-methyl/N-ethyl adjacent to an activating group) is 1. The molecule has 0 fully saturated rings. The van der Waals surface area contributed by atoms with E-state index in [1.54, 1.807) is 0 Å². The molecule has 0 spiro atoms. The summed E-state index contributed by atoms with van der Waals surface area (Å²) in [4.78, 5) is 14.7. The Morgan fingerprint density at radius 3 is 3.00 bits per heavy atom. The first-order chi connectivity index (χ1) is 12.6. The van der Waals surface area contributed by atoms with Crippen LogP contribution in [0.1, 0.15) is 23.0 Å². The van der Waals surface area contributed by atoms with E-state index in [-0.39, 0.29) is 12.7 Å². The second-order valence-electron chi connectivity index (χ2n) is 6.72. The molecule has 2 aliphatic heterocycles. The van der Waals surface area contributed by atoms with Crippen molar-refractivity contribution >= 4 is 5.91 Å². The summed E-state index contributed by atoms with van der Waals surface area (Å²) in [7, 11) is 3.77. The number of hydrogen-bond acceptors (Lipinski definition) is 6. The van der Waals surface area contributed by atoms with Gasteiger partial charge >= 0.3 is 0 Å². The molecule has 26 heavy (non-hydrogen) atoms. The summed E-state index contributed by atoms with van der Waals surface area (Å²) in [5.41, 5.74) is 2.89. The van der Waals surface area contributed by atoms with Gasteiger partial charge in [-0.1, -0.05) is 6.07 Å². The first-order valence-corrected chi connectivity index (χ1v) is 8.72. The molecule has 0 aliphatic carbocycles. The van der Waals surface area contributed by atoms with Crippen molar-refractivity contribution in [2.75, 3.05) is 27.4 Å². The zero-order chi connectivity index (χ0) is 18.1. The average Bonchev–Trinajstić information content (AvgIpc) is 3.25. The van der Waals surface area contributed by atoms with Crippen molar-refractivity contribution in [2.45, 2.75) is 25.7 Å². The van der Waals surface area contributed by atoms with Crippen molar-refractivity contribution in [3.8, 4) is 11.5 Å². The molecule has 8 nitrogen and oxygen atoms in total. The SMILES string of the molecule is CN(C)[C@H](C(=O)NCc1cc2n(n1)CCNC2)c1ccc2c(c1)OCO2. The Labute approximate surface area is 152 Å². The molecule has 1 aromatic heterocycles. The lowest BCUT2D eigenvalue weighted by Gasteiger charge is -2.23. The molecule has 8 heteroatoms. The lowest BCUT2D eigenvalue weighted by Crippen LogP contribution is -2.36. The molecule has 4 rings (SSSR count). The third-order valence-electron chi connectivity index (χ3n) is 4.64. The molecule has 1 amide bonds. The number of benzene rings is 1. The van der Waals surface area contributed by atoms with E-state index in [1.807, 2.05) is 47.9 Å². The Bertz CT molecular complexity index is 794. The highest BCUT2D eigenvalue weighted by Gasteiger charge is 2.25. The van der Waals surface area contributed by atoms with Crippen LogP contribution in [0.4, 0.5) is 0 Å². The maximum Gasteiger partial charge on any atom is 0.242 e. The smallest absolute Gasteiger partial charge is 0.242 e. The molecule has 2 aliphatic rings. The minimum atomic E-state index is -0.414. The van der Waals surface area contributed by atoms with Crippen molar-refractivity contribution in [3.05, 3.63) is 41.2 Å². The van der Waals surface area contributed by atoms with Crippen molar-refractivity contribution in [2.24, 2.45) is 0 Å². The number of amides is 1. The third kappa shape index (κ3) is 3.25. The normalized spacial score (nSPS) is 16.4. The van der Waals surface area contributed by atoms with Crippen LogP contribution < -0.4 is 20.1 Å². The third-order valence-corrected chi connectivity index (χ3v) is 4.64. The van der Waals surface area contributed by atoms with Crippen molar-refractivity contribution < 1.29 is 14.3 Å². The number of rotatable bonds is 5. The summed E-state index contributed by atoms with van der Waals surface area (Å²) < 4.78 is 12.8. The van der Waals surface area contributed by atoms with E-state index in [9.17, 15) is 4.79 Å². The summed E-state index contributed by atoms with van der Waals surface area (Å²) in [6.45, 7) is 3.23. The van der Waals surface area contributed by atoms with Gasteiger partial charge in [0.05, 0.1) is 24.5 Å². The van der Waals surface area contributed by atoms with Gasteiger partial charge in [-0.25, -0.2) is 0 Å². The second-order valence-corrected chi connectivity index (χ2v) is 6.72. The zero-order valence-corrected chi connectivity index (χ0v) is 15.0. The maximum atomic E-state index is 12.8. The van der Waals surface area contributed by atoms with Gasteiger partial charge in [0.15, 0.2) is 11.5 Å². The van der Waals surface area contributed by atoms with Crippen LogP contribution >= 0.6 is 0 Å². The first-order valence-electron chi connectivity index (χ1n) is 8.72. The fraction of sp³-hybridized carbons (Fsp3) is 0.444. The van der Waals surface area contributed by atoms with Crippen LogP contribution in [0.25, 0.3) is 0 Å². The molecule has 1 aromatic carbocycles. The highest BCUT2D eigenvalue weighted by atomic mass is 16.7. The van der Waals surface area contributed by atoms with Crippen LogP contribution in [0, 0.1) is 0 Å². The predicted molar refractivity (Wildman–Crippen MR) is 94.8 cm³/mol. The number of ether oxygens (including phenoxy) is 2. The Kier molecular flexibility index (Phi) is 4.52. The van der Waals surface area contributed by atoms with Crippen molar-refractivity contribution in [1.29, 1.82) is 0 Å². The van der Waals surface area contributed by atoms with E-state index in [2.05, 4.69) is 15.7 Å². The van der Waals surface area contributed by atoms with Gasteiger partial charge < -0.3 is 20.1 Å².